The van der Waals surface area contributed by atoms with E-state index in [1.807, 2.05) is 12.1 Å². The molecule has 0 bridgehead atoms. The Morgan fingerprint density at radius 1 is 1.65 bits per heavy atom. The van der Waals surface area contributed by atoms with Crippen LogP contribution < -0.4 is 10.6 Å². The Bertz CT molecular complexity index is 419. The van der Waals surface area contributed by atoms with E-state index in [4.69, 9.17) is 0 Å². The van der Waals surface area contributed by atoms with Gasteiger partial charge in [-0.2, -0.15) is 0 Å². The van der Waals surface area contributed by atoms with Crippen LogP contribution in [0.3, 0.4) is 0 Å². The highest BCUT2D eigenvalue weighted by atomic mass is 79.9. The van der Waals surface area contributed by atoms with Gasteiger partial charge in [0.15, 0.2) is 0 Å². The van der Waals surface area contributed by atoms with E-state index in [0.29, 0.717) is 6.54 Å². The highest BCUT2D eigenvalue weighted by Crippen LogP contribution is 2.16. The Hall–Kier alpha value is -0.520. The first-order valence-electron chi connectivity index (χ1n) is 5.50. The van der Waals surface area contributed by atoms with Crippen molar-refractivity contribution in [3.05, 3.63) is 33.8 Å². The van der Waals surface area contributed by atoms with E-state index in [9.17, 15) is 4.79 Å². The van der Waals surface area contributed by atoms with Crippen molar-refractivity contribution in [2.75, 3.05) is 11.6 Å². The third-order valence-corrected chi connectivity index (χ3v) is 4.22. The maximum atomic E-state index is 11.8. The lowest BCUT2D eigenvalue weighted by Gasteiger charge is -2.12. The van der Waals surface area contributed by atoms with E-state index in [0.717, 1.165) is 21.7 Å². The largest absolute Gasteiger partial charge is 0.351 e. The highest BCUT2D eigenvalue weighted by Gasteiger charge is 2.21. The average molecular weight is 315 g/mol. The van der Waals surface area contributed by atoms with E-state index in [2.05, 4.69) is 39.6 Å². The molecule has 2 rings (SSSR count). The van der Waals surface area contributed by atoms with E-state index in [1.165, 1.54) is 5.56 Å². The lowest BCUT2D eigenvalue weighted by molar-refractivity contribution is -0.122. The van der Waals surface area contributed by atoms with Gasteiger partial charge in [0, 0.05) is 22.6 Å². The molecule has 1 saturated heterocycles. The van der Waals surface area contributed by atoms with Gasteiger partial charge in [0.2, 0.25) is 5.91 Å². The van der Waals surface area contributed by atoms with Gasteiger partial charge < -0.3 is 5.32 Å². The third kappa shape index (κ3) is 3.47. The van der Waals surface area contributed by atoms with Crippen molar-refractivity contribution < 1.29 is 4.79 Å². The zero-order valence-electron chi connectivity index (χ0n) is 9.63. The number of rotatable bonds is 3. The van der Waals surface area contributed by atoms with Gasteiger partial charge in [0.1, 0.15) is 0 Å². The quantitative estimate of drug-likeness (QED) is 0.897. The number of carbonyl (C=O) groups excluding carboxylic acids is 1. The molecule has 0 aliphatic carbocycles. The SMILES string of the molecule is Cc1cc(Br)ccc1CNC(=O)C1CSCN1. The predicted octanol–water partition coefficient (Wildman–Crippen LogP) is 2.04. The van der Waals surface area contributed by atoms with Gasteiger partial charge in [0.25, 0.3) is 0 Å². The second-order valence-electron chi connectivity index (χ2n) is 4.06. The van der Waals surface area contributed by atoms with Crippen LogP contribution in [0.1, 0.15) is 11.1 Å². The molecule has 0 spiro atoms. The summed E-state index contributed by atoms with van der Waals surface area (Å²) in [6.07, 6.45) is 0. The average Bonchev–Trinajstić information content (AvgIpc) is 2.81. The van der Waals surface area contributed by atoms with Gasteiger partial charge in [0.05, 0.1) is 6.04 Å². The van der Waals surface area contributed by atoms with E-state index < -0.39 is 0 Å². The van der Waals surface area contributed by atoms with Crippen LogP contribution in [0, 0.1) is 6.92 Å². The molecule has 3 nitrogen and oxygen atoms in total. The van der Waals surface area contributed by atoms with E-state index >= 15 is 0 Å². The smallest absolute Gasteiger partial charge is 0.238 e. The normalized spacial score (nSPS) is 19.3. The Morgan fingerprint density at radius 2 is 2.47 bits per heavy atom. The summed E-state index contributed by atoms with van der Waals surface area (Å²) in [5, 5.41) is 6.13. The van der Waals surface area contributed by atoms with Crippen molar-refractivity contribution in [2.45, 2.75) is 19.5 Å². The number of nitrogens with one attached hydrogen (secondary N) is 2. The number of benzene rings is 1. The summed E-state index contributed by atoms with van der Waals surface area (Å²) < 4.78 is 1.07. The van der Waals surface area contributed by atoms with Crippen LogP contribution in [0.25, 0.3) is 0 Å². The molecule has 17 heavy (non-hydrogen) atoms. The zero-order valence-corrected chi connectivity index (χ0v) is 12.0. The molecule has 1 atom stereocenters. The summed E-state index contributed by atoms with van der Waals surface area (Å²) in [7, 11) is 0. The number of hydrogen-bond donors (Lipinski definition) is 2. The highest BCUT2D eigenvalue weighted by molar-refractivity contribution is 9.10. The molecule has 1 aliphatic rings. The van der Waals surface area contributed by atoms with E-state index in [-0.39, 0.29) is 11.9 Å². The lowest BCUT2D eigenvalue weighted by atomic mass is 10.1. The summed E-state index contributed by atoms with van der Waals surface area (Å²) >= 11 is 5.19. The number of thioether (sulfide) groups is 1. The molecule has 5 heteroatoms. The molecular formula is C12H15BrN2OS. The Balaban J connectivity index is 1.90. The molecule has 0 saturated carbocycles. The van der Waals surface area contributed by atoms with Crippen LogP contribution in [0.2, 0.25) is 0 Å². The fourth-order valence-electron chi connectivity index (χ4n) is 1.73. The summed E-state index contributed by atoms with van der Waals surface area (Å²) in [6.45, 7) is 2.65. The van der Waals surface area contributed by atoms with Crippen LogP contribution in [0.5, 0.6) is 0 Å². The monoisotopic (exact) mass is 314 g/mol. The lowest BCUT2D eigenvalue weighted by Crippen LogP contribution is -2.41. The Labute approximate surface area is 114 Å². The first kappa shape index (κ1) is 12.9. The van der Waals surface area contributed by atoms with Crippen LogP contribution in [0.15, 0.2) is 22.7 Å². The topological polar surface area (TPSA) is 41.1 Å². The minimum atomic E-state index is -0.0317. The van der Waals surface area contributed by atoms with Crippen LogP contribution >= 0.6 is 27.7 Å². The van der Waals surface area contributed by atoms with Crippen molar-refractivity contribution in [1.29, 1.82) is 0 Å². The molecule has 1 heterocycles. The summed E-state index contributed by atoms with van der Waals surface area (Å²) in [4.78, 5) is 11.8. The molecule has 0 aromatic heterocycles. The minimum absolute atomic E-state index is 0.0317. The van der Waals surface area contributed by atoms with Crippen LogP contribution in [-0.2, 0) is 11.3 Å². The van der Waals surface area contributed by atoms with Gasteiger partial charge >= 0.3 is 0 Å². The first-order valence-corrected chi connectivity index (χ1v) is 7.45. The Kier molecular flexibility index (Phi) is 4.48. The van der Waals surface area contributed by atoms with Crippen molar-refractivity contribution in [3.63, 3.8) is 0 Å². The predicted molar refractivity (Wildman–Crippen MR) is 75.0 cm³/mol. The maximum absolute atomic E-state index is 11.8. The van der Waals surface area contributed by atoms with Crippen molar-refractivity contribution in [3.8, 4) is 0 Å². The van der Waals surface area contributed by atoms with Gasteiger partial charge in [-0.1, -0.05) is 22.0 Å². The standard InChI is InChI=1S/C12H15BrN2OS/c1-8-4-10(13)3-2-9(8)5-14-12(16)11-6-17-7-15-11/h2-4,11,15H,5-7H2,1H3,(H,14,16). The molecule has 1 aromatic rings. The van der Waals surface area contributed by atoms with Gasteiger partial charge in [-0.05, 0) is 30.2 Å². The van der Waals surface area contributed by atoms with Crippen molar-refractivity contribution >= 4 is 33.6 Å². The fourth-order valence-corrected chi connectivity index (χ4v) is 3.14. The molecule has 1 fully saturated rings. The molecule has 2 N–H and O–H groups in total. The molecule has 1 aromatic carbocycles. The minimum Gasteiger partial charge on any atom is -0.351 e. The van der Waals surface area contributed by atoms with Crippen LogP contribution in [0.4, 0.5) is 0 Å². The van der Waals surface area contributed by atoms with E-state index in [1.54, 1.807) is 11.8 Å². The second kappa shape index (κ2) is 5.89. The molecule has 1 unspecified atom stereocenters. The number of aryl methyl sites for hydroxylation is 1. The molecule has 1 amide bonds. The van der Waals surface area contributed by atoms with Crippen molar-refractivity contribution in [2.24, 2.45) is 0 Å². The number of amides is 1. The summed E-state index contributed by atoms with van der Waals surface area (Å²) in [5.41, 5.74) is 2.35. The fraction of sp³-hybridized carbons (Fsp3) is 0.417. The van der Waals surface area contributed by atoms with Crippen molar-refractivity contribution in [1.82, 2.24) is 10.6 Å². The second-order valence-corrected chi connectivity index (χ2v) is 6.01. The van der Waals surface area contributed by atoms with Gasteiger partial charge in [-0.3, -0.25) is 10.1 Å². The first-order chi connectivity index (χ1) is 8.16. The zero-order chi connectivity index (χ0) is 12.3. The van der Waals surface area contributed by atoms with Crippen LogP contribution in [-0.4, -0.2) is 23.6 Å². The van der Waals surface area contributed by atoms with Gasteiger partial charge in [-0.15, -0.1) is 11.8 Å². The Morgan fingerprint density at radius 3 is 3.12 bits per heavy atom. The number of halogens is 1. The molecule has 0 radical (unpaired) electrons. The maximum Gasteiger partial charge on any atom is 0.238 e. The van der Waals surface area contributed by atoms with Gasteiger partial charge in [-0.25, -0.2) is 0 Å². The summed E-state index contributed by atoms with van der Waals surface area (Å²) in [6, 6.07) is 6.07. The molecule has 92 valence electrons. The molecular weight excluding hydrogens is 300 g/mol. The number of hydrogen-bond acceptors (Lipinski definition) is 3. The number of carbonyl (C=O) groups is 1. The molecule has 1 aliphatic heterocycles. The third-order valence-electron chi connectivity index (χ3n) is 2.79. The summed E-state index contributed by atoms with van der Waals surface area (Å²) in [5.74, 6) is 1.83.